The van der Waals surface area contributed by atoms with Crippen LogP contribution in [0, 0.1) is 0 Å². The first-order valence-corrected chi connectivity index (χ1v) is 15.7. The first-order chi connectivity index (χ1) is 20.5. The molecule has 0 bridgehead atoms. The molecular formula is C30H58N6O7. The minimum atomic E-state index is -1.01. The quantitative estimate of drug-likeness (QED) is 0.0782. The number of hydrogen-bond donors (Lipinski definition) is 8. The number of nitrogens with two attached hydrogens (primary N) is 3. The molecule has 43 heavy (non-hydrogen) atoms. The number of amides is 1. The van der Waals surface area contributed by atoms with Gasteiger partial charge in [-0.05, 0) is 25.8 Å². The Labute approximate surface area is 256 Å². The molecule has 1 heterocycles. The summed E-state index contributed by atoms with van der Waals surface area (Å²) in [6, 6.07) is -1.58. The molecule has 0 radical (unpaired) electrons. The Morgan fingerprint density at radius 3 is 1.72 bits per heavy atom. The second-order valence-electron chi connectivity index (χ2n) is 10.6. The van der Waals surface area contributed by atoms with Gasteiger partial charge < -0.3 is 42.8 Å². The van der Waals surface area contributed by atoms with Crippen LogP contribution in [-0.2, 0) is 25.6 Å². The molecule has 13 heteroatoms. The highest BCUT2D eigenvalue weighted by atomic mass is 16.4. The molecule has 2 atom stereocenters. The van der Waals surface area contributed by atoms with Crippen molar-refractivity contribution in [2.45, 2.75) is 135 Å². The second kappa shape index (κ2) is 30.4. The van der Waals surface area contributed by atoms with Crippen molar-refractivity contribution in [3.8, 4) is 0 Å². The molecule has 0 aliphatic heterocycles. The van der Waals surface area contributed by atoms with E-state index in [2.05, 4.69) is 22.2 Å². The maximum atomic E-state index is 11.3. The average molecular weight is 615 g/mol. The van der Waals surface area contributed by atoms with Crippen molar-refractivity contribution in [3.63, 3.8) is 0 Å². The van der Waals surface area contributed by atoms with Crippen molar-refractivity contribution >= 4 is 23.8 Å². The largest absolute Gasteiger partial charge is 0.480 e. The fraction of sp³-hybridized carbons (Fsp3) is 0.767. The van der Waals surface area contributed by atoms with E-state index in [1.54, 1.807) is 6.20 Å². The zero-order chi connectivity index (χ0) is 32.7. The van der Waals surface area contributed by atoms with Crippen LogP contribution < -0.4 is 22.5 Å². The number of nitrogens with zero attached hydrogens (tertiary/aromatic N) is 1. The summed E-state index contributed by atoms with van der Waals surface area (Å²) in [5, 5.41) is 27.6. The van der Waals surface area contributed by atoms with Gasteiger partial charge in [-0.25, -0.2) is 4.98 Å². The summed E-state index contributed by atoms with van der Waals surface area (Å²) in [5.41, 5.74) is 16.3. The summed E-state index contributed by atoms with van der Waals surface area (Å²) >= 11 is 0. The van der Waals surface area contributed by atoms with Crippen molar-refractivity contribution in [2.75, 3.05) is 13.1 Å². The van der Waals surface area contributed by atoms with Gasteiger partial charge >= 0.3 is 17.9 Å². The Balaban J connectivity index is 0. The summed E-state index contributed by atoms with van der Waals surface area (Å²) in [4.78, 5) is 48.5. The van der Waals surface area contributed by atoms with Crippen molar-refractivity contribution in [2.24, 2.45) is 17.2 Å². The van der Waals surface area contributed by atoms with Gasteiger partial charge in [0, 0.05) is 19.0 Å². The molecule has 0 saturated carbocycles. The molecule has 1 aromatic heterocycles. The smallest absolute Gasteiger partial charge is 0.322 e. The fourth-order valence-electron chi connectivity index (χ4n) is 3.91. The predicted octanol–water partition coefficient (Wildman–Crippen LogP) is 3.56. The van der Waals surface area contributed by atoms with Gasteiger partial charge in [0.2, 0.25) is 5.91 Å². The Bertz CT molecular complexity index is 824. The molecule has 0 saturated heterocycles. The lowest BCUT2D eigenvalue weighted by Crippen LogP contribution is -2.32. The van der Waals surface area contributed by atoms with Crippen LogP contribution in [0.15, 0.2) is 12.5 Å². The minimum absolute atomic E-state index is 0.148. The standard InChI is InChI=1S/C18H35NO3.C6H9N3O2.C6H14N2O2/c1-2-3-4-5-6-7-8-9-10-11-12-13-14-15-17(20)19-16-18(21)22;7-5(6(10)11)1-4-2-8-3-9-4;7-4-2-1-3-5(8)6(9)10/h2-16H2,1H3,(H,19,20)(H,21,22);2-3,5H,1,7H2,(H,8,9)(H,10,11);5H,1-4,7-8H2,(H,9,10). The van der Waals surface area contributed by atoms with Crippen molar-refractivity contribution in [1.29, 1.82) is 0 Å². The van der Waals surface area contributed by atoms with E-state index in [-0.39, 0.29) is 18.9 Å². The number of aliphatic carboxylic acids is 3. The normalized spacial score (nSPS) is 11.7. The molecule has 11 N–H and O–H groups in total. The number of carboxylic acid groups (broad SMARTS) is 3. The Kier molecular flexibility index (Phi) is 29.8. The van der Waals surface area contributed by atoms with Crippen molar-refractivity contribution in [1.82, 2.24) is 15.3 Å². The summed E-state index contributed by atoms with van der Waals surface area (Å²) in [7, 11) is 0. The molecule has 1 amide bonds. The number of aromatic nitrogens is 2. The third kappa shape index (κ3) is 31.7. The van der Waals surface area contributed by atoms with Crippen LogP contribution in [0.25, 0.3) is 0 Å². The third-order valence-electron chi connectivity index (χ3n) is 6.53. The van der Waals surface area contributed by atoms with Gasteiger partial charge in [0.1, 0.15) is 18.6 Å². The van der Waals surface area contributed by atoms with E-state index in [0.717, 1.165) is 25.7 Å². The van der Waals surface area contributed by atoms with Crippen LogP contribution in [0.3, 0.4) is 0 Å². The number of aromatic amines is 1. The zero-order valence-electron chi connectivity index (χ0n) is 26.1. The van der Waals surface area contributed by atoms with Gasteiger partial charge in [-0.15, -0.1) is 0 Å². The molecule has 250 valence electrons. The average Bonchev–Trinajstić information content (AvgIpc) is 3.48. The highest BCUT2D eigenvalue weighted by molar-refractivity contribution is 5.81. The monoisotopic (exact) mass is 614 g/mol. The van der Waals surface area contributed by atoms with Crippen molar-refractivity contribution < 1.29 is 34.5 Å². The van der Waals surface area contributed by atoms with E-state index in [1.165, 1.54) is 77.0 Å². The number of unbranched alkanes of at least 4 members (excludes halogenated alkanes) is 13. The van der Waals surface area contributed by atoms with Crippen LogP contribution in [0.2, 0.25) is 0 Å². The molecular weight excluding hydrogens is 556 g/mol. The van der Waals surface area contributed by atoms with Gasteiger partial charge in [0.05, 0.1) is 12.0 Å². The first kappa shape index (κ1) is 42.1. The third-order valence-corrected chi connectivity index (χ3v) is 6.53. The zero-order valence-corrected chi connectivity index (χ0v) is 26.1. The Hall–Kier alpha value is -3.03. The fourth-order valence-corrected chi connectivity index (χ4v) is 3.91. The summed E-state index contributed by atoms with van der Waals surface area (Å²) in [6.45, 7) is 2.59. The molecule has 1 rings (SSSR count). The van der Waals surface area contributed by atoms with Crippen LogP contribution in [-0.4, -0.2) is 74.3 Å². The molecule has 0 aliphatic carbocycles. The van der Waals surface area contributed by atoms with Crippen LogP contribution in [0.5, 0.6) is 0 Å². The molecule has 1 aromatic rings. The number of hydrogen-bond acceptors (Lipinski definition) is 8. The maximum Gasteiger partial charge on any atom is 0.322 e. The number of carbonyl (C=O) groups excluding carboxylic acids is 1. The SMILES string of the molecule is CCCCCCCCCCCCCCCC(=O)NCC(=O)O.NC(Cc1c[nH]cn1)C(=O)O.NCCCCC(N)C(=O)O. The number of H-pyrrole nitrogens is 1. The van der Waals surface area contributed by atoms with E-state index in [0.29, 0.717) is 25.1 Å². The molecule has 2 unspecified atom stereocenters. The highest BCUT2D eigenvalue weighted by Crippen LogP contribution is 2.12. The van der Waals surface area contributed by atoms with Gasteiger partial charge in [-0.1, -0.05) is 90.4 Å². The first-order valence-electron chi connectivity index (χ1n) is 15.7. The number of rotatable bonds is 24. The van der Waals surface area contributed by atoms with E-state index >= 15 is 0 Å². The molecule has 13 nitrogen and oxygen atoms in total. The summed E-state index contributed by atoms with van der Waals surface area (Å²) in [6.07, 6.45) is 22.7. The van der Waals surface area contributed by atoms with E-state index < -0.39 is 30.0 Å². The Morgan fingerprint density at radius 2 is 1.30 bits per heavy atom. The minimum Gasteiger partial charge on any atom is -0.480 e. The van der Waals surface area contributed by atoms with Gasteiger partial charge in [0.15, 0.2) is 0 Å². The number of carboxylic acids is 3. The molecule has 0 spiro atoms. The molecule has 0 aromatic carbocycles. The van der Waals surface area contributed by atoms with Gasteiger partial charge in [-0.3, -0.25) is 19.2 Å². The number of carbonyl (C=O) groups is 4. The van der Waals surface area contributed by atoms with Crippen LogP contribution in [0.1, 0.15) is 122 Å². The van der Waals surface area contributed by atoms with E-state index in [4.69, 9.17) is 32.5 Å². The molecule has 0 fully saturated rings. The number of nitrogens with one attached hydrogen (secondary N) is 2. The van der Waals surface area contributed by atoms with Gasteiger partial charge in [0.25, 0.3) is 0 Å². The molecule has 0 aliphatic rings. The lowest BCUT2D eigenvalue weighted by atomic mass is 10.0. The summed E-state index contributed by atoms with van der Waals surface area (Å²) in [5.74, 6) is -3.07. The second-order valence-corrected chi connectivity index (χ2v) is 10.6. The highest BCUT2D eigenvalue weighted by Gasteiger charge is 2.12. The lowest BCUT2D eigenvalue weighted by Gasteiger charge is -2.04. The van der Waals surface area contributed by atoms with Gasteiger partial charge in [-0.2, -0.15) is 0 Å². The predicted molar refractivity (Wildman–Crippen MR) is 167 cm³/mol. The lowest BCUT2D eigenvalue weighted by molar-refractivity contribution is -0.139. The van der Waals surface area contributed by atoms with E-state index in [1.807, 2.05) is 0 Å². The van der Waals surface area contributed by atoms with Crippen molar-refractivity contribution in [3.05, 3.63) is 18.2 Å². The number of imidazole rings is 1. The van der Waals surface area contributed by atoms with Crippen LogP contribution >= 0.6 is 0 Å². The Morgan fingerprint density at radius 1 is 0.791 bits per heavy atom. The van der Waals surface area contributed by atoms with Crippen LogP contribution in [0.4, 0.5) is 0 Å². The maximum absolute atomic E-state index is 11.3. The summed E-state index contributed by atoms with van der Waals surface area (Å²) < 4.78 is 0. The topological polar surface area (TPSA) is 248 Å². The van der Waals surface area contributed by atoms with E-state index in [9.17, 15) is 19.2 Å².